The van der Waals surface area contributed by atoms with Crippen LogP contribution in [0.3, 0.4) is 0 Å². The molecule has 2 heterocycles. The highest BCUT2D eigenvalue weighted by Gasteiger charge is 2.05. The first kappa shape index (κ1) is 7.02. The summed E-state index contributed by atoms with van der Waals surface area (Å²) < 4.78 is 1.61. The molecule has 0 saturated carbocycles. The lowest BCUT2D eigenvalue weighted by Crippen LogP contribution is -1.96. The molecule has 12 heavy (non-hydrogen) atoms. The standard InChI is InChI=1S/C7H9N5/c1-4-3-5(8)9-7-6(4)10-11-12(7)2/h3H,1-2H3,(H2,8,9). The van der Waals surface area contributed by atoms with E-state index in [1.165, 1.54) is 0 Å². The molecule has 0 fully saturated rings. The van der Waals surface area contributed by atoms with Gasteiger partial charge in [-0.15, -0.1) is 5.10 Å². The van der Waals surface area contributed by atoms with Gasteiger partial charge in [-0.05, 0) is 18.6 Å². The Morgan fingerprint density at radius 1 is 1.50 bits per heavy atom. The summed E-state index contributed by atoms with van der Waals surface area (Å²) in [4.78, 5) is 4.11. The minimum Gasteiger partial charge on any atom is -0.384 e. The molecule has 0 unspecified atom stereocenters. The van der Waals surface area contributed by atoms with Crippen LogP contribution in [0.15, 0.2) is 6.07 Å². The van der Waals surface area contributed by atoms with Crippen LogP contribution in [0, 0.1) is 6.92 Å². The molecule has 0 bridgehead atoms. The van der Waals surface area contributed by atoms with Crippen LogP contribution in [0.1, 0.15) is 5.56 Å². The van der Waals surface area contributed by atoms with Gasteiger partial charge in [0.25, 0.3) is 0 Å². The third-order valence-electron chi connectivity index (χ3n) is 1.77. The molecule has 0 aromatic carbocycles. The fourth-order valence-corrected chi connectivity index (χ4v) is 1.18. The van der Waals surface area contributed by atoms with Crippen molar-refractivity contribution in [1.82, 2.24) is 20.0 Å². The monoisotopic (exact) mass is 163 g/mol. The van der Waals surface area contributed by atoms with Crippen molar-refractivity contribution < 1.29 is 0 Å². The van der Waals surface area contributed by atoms with Crippen LogP contribution in [-0.2, 0) is 7.05 Å². The first-order chi connectivity index (χ1) is 5.68. The van der Waals surface area contributed by atoms with Crippen LogP contribution >= 0.6 is 0 Å². The zero-order valence-corrected chi connectivity index (χ0v) is 6.94. The van der Waals surface area contributed by atoms with Gasteiger partial charge in [0.15, 0.2) is 5.65 Å². The van der Waals surface area contributed by atoms with Crippen LogP contribution in [0.2, 0.25) is 0 Å². The maximum absolute atomic E-state index is 5.57. The molecule has 5 nitrogen and oxygen atoms in total. The molecule has 0 radical (unpaired) electrons. The predicted molar refractivity (Wildman–Crippen MR) is 45.5 cm³/mol. The number of nitrogens with two attached hydrogens (primary N) is 1. The first-order valence-electron chi connectivity index (χ1n) is 3.61. The van der Waals surface area contributed by atoms with E-state index in [9.17, 15) is 0 Å². The Bertz CT molecular complexity index is 431. The second-order valence-corrected chi connectivity index (χ2v) is 2.75. The Labute approximate surface area is 69.2 Å². The Kier molecular flexibility index (Phi) is 1.27. The molecule has 5 heteroatoms. The van der Waals surface area contributed by atoms with E-state index in [0.29, 0.717) is 5.82 Å². The summed E-state index contributed by atoms with van der Waals surface area (Å²) in [6.45, 7) is 1.94. The van der Waals surface area contributed by atoms with Gasteiger partial charge in [-0.3, -0.25) is 0 Å². The van der Waals surface area contributed by atoms with E-state index in [0.717, 1.165) is 16.7 Å². The van der Waals surface area contributed by atoms with Crippen molar-refractivity contribution >= 4 is 17.0 Å². The largest absolute Gasteiger partial charge is 0.384 e. The summed E-state index contributed by atoms with van der Waals surface area (Å²) >= 11 is 0. The van der Waals surface area contributed by atoms with Gasteiger partial charge in [0, 0.05) is 7.05 Å². The van der Waals surface area contributed by atoms with E-state index in [2.05, 4.69) is 15.3 Å². The summed E-state index contributed by atoms with van der Waals surface area (Å²) in [6.07, 6.45) is 0. The maximum atomic E-state index is 5.57. The molecule has 0 aliphatic rings. The number of hydrogen-bond acceptors (Lipinski definition) is 4. The second-order valence-electron chi connectivity index (χ2n) is 2.75. The third kappa shape index (κ3) is 0.827. The fourth-order valence-electron chi connectivity index (χ4n) is 1.18. The highest BCUT2D eigenvalue weighted by Crippen LogP contribution is 2.14. The van der Waals surface area contributed by atoms with E-state index in [1.54, 1.807) is 17.8 Å². The van der Waals surface area contributed by atoms with E-state index in [4.69, 9.17) is 5.73 Å². The molecule has 0 amide bonds. The number of aryl methyl sites for hydroxylation is 2. The van der Waals surface area contributed by atoms with Gasteiger partial charge in [-0.1, -0.05) is 5.21 Å². The van der Waals surface area contributed by atoms with Crippen molar-refractivity contribution in [2.45, 2.75) is 6.92 Å². The molecule has 62 valence electrons. The van der Waals surface area contributed by atoms with Crippen LogP contribution in [0.25, 0.3) is 11.2 Å². The van der Waals surface area contributed by atoms with Crippen molar-refractivity contribution in [3.63, 3.8) is 0 Å². The molecule has 0 aliphatic heterocycles. The number of fused-ring (bicyclic) bond motifs is 1. The highest BCUT2D eigenvalue weighted by atomic mass is 15.4. The van der Waals surface area contributed by atoms with E-state index < -0.39 is 0 Å². The molecule has 2 aromatic heterocycles. The Morgan fingerprint density at radius 2 is 2.25 bits per heavy atom. The second kappa shape index (κ2) is 2.17. The average molecular weight is 163 g/mol. The predicted octanol–water partition coefficient (Wildman–Crippen LogP) is 0.254. The van der Waals surface area contributed by atoms with Gasteiger partial charge in [-0.2, -0.15) is 0 Å². The molecule has 2 aromatic rings. The lowest BCUT2D eigenvalue weighted by atomic mass is 10.2. The van der Waals surface area contributed by atoms with E-state index in [1.807, 2.05) is 6.92 Å². The molecular weight excluding hydrogens is 154 g/mol. The number of rotatable bonds is 0. The van der Waals surface area contributed by atoms with Gasteiger partial charge >= 0.3 is 0 Å². The molecule has 0 spiro atoms. The molecule has 2 N–H and O–H groups in total. The van der Waals surface area contributed by atoms with Crippen LogP contribution in [0.5, 0.6) is 0 Å². The van der Waals surface area contributed by atoms with Crippen molar-refractivity contribution in [2.75, 3.05) is 5.73 Å². The summed E-state index contributed by atoms with van der Waals surface area (Å²) in [5.41, 5.74) is 8.12. The Balaban J connectivity index is 2.92. The van der Waals surface area contributed by atoms with Gasteiger partial charge in [0.1, 0.15) is 11.3 Å². The molecule has 0 saturated heterocycles. The number of nitrogen functional groups attached to an aromatic ring is 1. The van der Waals surface area contributed by atoms with Crippen LogP contribution in [0.4, 0.5) is 5.82 Å². The minimum absolute atomic E-state index is 0.505. The first-order valence-corrected chi connectivity index (χ1v) is 3.61. The molecule has 0 atom stereocenters. The fraction of sp³-hybridized carbons (Fsp3) is 0.286. The highest BCUT2D eigenvalue weighted by molar-refractivity contribution is 5.75. The topological polar surface area (TPSA) is 69.6 Å². The van der Waals surface area contributed by atoms with E-state index >= 15 is 0 Å². The van der Waals surface area contributed by atoms with Crippen molar-refractivity contribution in [3.05, 3.63) is 11.6 Å². The quantitative estimate of drug-likeness (QED) is 0.604. The molecular formula is C7H9N5. The SMILES string of the molecule is Cc1cc(N)nc2c1nnn2C. The normalized spacial score (nSPS) is 10.8. The zero-order valence-electron chi connectivity index (χ0n) is 6.94. The van der Waals surface area contributed by atoms with Gasteiger partial charge in [-0.25, -0.2) is 9.67 Å². The van der Waals surface area contributed by atoms with Gasteiger partial charge in [0.2, 0.25) is 0 Å². The maximum Gasteiger partial charge on any atom is 0.180 e. The summed E-state index contributed by atoms with van der Waals surface area (Å²) in [5.74, 6) is 0.505. The van der Waals surface area contributed by atoms with Crippen molar-refractivity contribution in [2.24, 2.45) is 7.05 Å². The summed E-state index contributed by atoms with van der Waals surface area (Å²) in [5, 5.41) is 7.80. The van der Waals surface area contributed by atoms with Crippen molar-refractivity contribution in [1.29, 1.82) is 0 Å². The minimum atomic E-state index is 0.505. The third-order valence-corrected chi connectivity index (χ3v) is 1.77. The van der Waals surface area contributed by atoms with Crippen molar-refractivity contribution in [3.8, 4) is 0 Å². The average Bonchev–Trinajstić information content (AvgIpc) is 2.33. The van der Waals surface area contributed by atoms with Gasteiger partial charge in [0.05, 0.1) is 0 Å². The number of pyridine rings is 1. The molecule has 0 aliphatic carbocycles. The van der Waals surface area contributed by atoms with Crippen LogP contribution < -0.4 is 5.73 Å². The number of hydrogen-bond donors (Lipinski definition) is 1. The van der Waals surface area contributed by atoms with Gasteiger partial charge < -0.3 is 5.73 Å². The Hall–Kier alpha value is -1.65. The summed E-state index contributed by atoms with van der Waals surface area (Å²) in [7, 11) is 1.79. The van der Waals surface area contributed by atoms with E-state index in [-0.39, 0.29) is 0 Å². The summed E-state index contributed by atoms with van der Waals surface area (Å²) in [6, 6.07) is 1.79. The zero-order chi connectivity index (χ0) is 8.72. The number of anilines is 1. The number of aromatic nitrogens is 4. The lowest BCUT2D eigenvalue weighted by molar-refractivity contribution is 0.730. The Morgan fingerprint density at radius 3 is 3.00 bits per heavy atom. The van der Waals surface area contributed by atoms with Crippen LogP contribution in [-0.4, -0.2) is 20.0 Å². The number of nitrogens with zero attached hydrogens (tertiary/aromatic N) is 4. The lowest BCUT2D eigenvalue weighted by Gasteiger charge is -1.96. The molecule has 2 rings (SSSR count). The smallest absolute Gasteiger partial charge is 0.180 e.